The zero-order chi connectivity index (χ0) is 18.8. The number of esters is 1. The van der Waals surface area contributed by atoms with Crippen LogP contribution in [0.4, 0.5) is 0 Å². The zero-order valence-corrected chi connectivity index (χ0v) is 12.9. The average molecular weight is 353 g/mol. The molecule has 136 valence electrons. The average Bonchev–Trinajstić information content (AvgIpc) is 2.53. The Labute approximate surface area is 142 Å². The molecular formula is C16H17O9-. The molecule has 0 radical (unpaired) electrons. The van der Waals surface area contributed by atoms with Crippen LogP contribution in [0.3, 0.4) is 0 Å². The van der Waals surface area contributed by atoms with Gasteiger partial charge in [-0.1, -0.05) is 6.07 Å². The van der Waals surface area contributed by atoms with Gasteiger partial charge in [0.2, 0.25) is 0 Å². The van der Waals surface area contributed by atoms with E-state index >= 15 is 0 Å². The van der Waals surface area contributed by atoms with Crippen LogP contribution in [-0.2, 0) is 14.3 Å². The molecule has 0 unspecified atom stereocenters. The second-order valence-electron chi connectivity index (χ2n) is 5.84. The summed E-state index contributed by atoms with van der Waals surface area (Å²) in [6.07, 6.45) is -3.70. The van der Waals surface area contributed by atoms with E-state index in [9.17, 15) is 40.2 Å². The second kappa shape index (κ2) is 7.09. The summed E-state index contributed by atoms with van der Waals surface area (Å²) in [7, 11) is 0. The van der Waals surface area contributed by atoms with Gasteiger partial charge in [0.25, 0.3) is 0 Å². The van der Waals surface area contributed by atoms with Crippen LogP contribution in [0.15, 0.2) is 24.3 Å². The minimum Gasteiger partial charge on any atom is -0.547 e. The molecule has 1 aromatic rings. The molecule has 9 heteroatoms. The summed E-state index contributed by atoms with van der Waals surface area (Å²) >= 11 is 0. The number of benzene rings is 1. The quantitative estimate of drug-likeness (QED) is 0.234. The predicted octanol–water partition coefficient (Wildman–Crippen LogP) is -1.98. The lowest BCUT2D eigenvalue weighted by Gasteiger charge is -2.41. The summed E-state index contributed by atoms with van der Waals surface area (Å²) in [5.41, 5.74) is -2.06. The van der Waals surface area contributed by atoms with E-state index in [1.165, 1.54) is 24.3 Å². The van der Waals surface area contributed by atoms with Crippen molar-refractivity contribution in [2.45, 2.75) is 36.8 Å². The molecule has 5 N–H and O–H groups in total. The van der Waals surface area contributed by atoms with E-state index < -0.39 is 48.7 Å². The number of rotatable bonds is 4. The first-order valence-electron chi connectivity index (χ1n) is 7.33. The largest absolute Gasteiger partial charge is 0.547 e. The standard InChI is InChI=1S/C16H18O9/c17-9-3-1-8(5-10(9)18)2-4-13(20)25-12-7-16(24,15(22)23)6-11(19)14(12)21/h1-5,11-12,14,17-19,21,24H,6-7H2,(H,22,23)/p-1/b4-2+/t11-,12+,14-,16-/m0/s1. The first kappa shape index (κ1) is 18.7. The van der Waals surface area contributed by atoms with Gasteiger partial charge in [-0.05, 0) is 23.8 Å². The number of carbonyl (C=O) groups excluding carboxylic acids is 2. The Morgan fingerprint density at radius 1 is 1.20 bits per heavy atom. The lowest BCUT2D eigenvalue weighted by Crippen LogP contribution is -2.60. The number of aliphatic carboxylic acids is 1. The van der Waals surface area contributed by atoms with Crippen LogP contribution < -0.4 is 5.11 Å². The topological polar surface area (TPSA) is 168 Å². The summed E-state index contributed by atoms with van der Waals surface area (Å²) < 4.78 is 4.90. The molecule has 1 fully saturated rings. The third-order valence-electron chi connectivity index (χ3n) is 3.92. The fourth-order valence-corrected chi connectivity index (χ4v) is 2.53. The molecule has 0 spiro atoms. The van der Waals surface area contributed by atoms with Gasteiger partial charge in [0.05, 0.1) is 12.1 Å². The molecule has 0 aromatic heterocycles. The van der Waals surface area contributed by atoms with Crippen LogP contribution in [0.2, 0.25) is 0 Å². The summed E-state index contributed by atoms with van der Waals surface area (Å²) in [6, 6.07) is 3.81. The number of hydrogen-bond acceptors (Lipinski definition) is 9. The molecule has 2 rings (SSSR count). The SMILES string of the molecule is O=C(/C=C/c1ccc(O)c(O)c1)O[C@@H]1C[C@](O)(C(=O)[O-])C[C@H](O)[C@@H]1O. The van der Waals surface area contributed by atoms with Crippen molar-refractivity contribution in [2.24, 2.45) is 0 Å². The highest BCUT2D eigenvalue weighted by molar-refractivity contribution is 5.87. The number of aromatic hydroxyl groups is 2. The lowest BCUT2D eigenvalue weighted by atomic mass is 9.79. The number of aliphatic hydroxyl groups excluding tert-OH is 2. The molecule has 0 aliphatic heterocycles. The molecule has 0 heterocycles. The van der Waals surface area contributed by atoms with Crippen molar-refractivity contribution in [2.75, 3.05) is 0 Å². The molecular weight excluding hydrogens is 336 g/mol. The number of carboxylic acids is 1. The van der Waals surface area contributed by atoms with Gasteiger partial charge in [-0.25, -0.2) is 4.79 Å². The molecule has 0 amide bonds. The molecule has 0 saturated heterocycles. The molecule has 1 aliphatic rings. The maximum Gasteiger partial charge on any atom is 0.331 e. The fourth-order valence-electron chi connectivity index (χ4n) is 2.53. The monoisotopic (exact) mass is 353 g/mol. The summed E-state index contributed by atoms with van der Waals surface area (Å²) in [5, 5.41) is 58.9. The van der Waals surface area contributed by atoms with E-state index in [0.29, 0.717) is 5.56 Å². The Morgan fingerprint density at radius 3 is 2.48 bits per heavy atom. The van der Waals surface area contributed by atoms with Crippen LogP contribution in [-0.4, -0.2) is 61.4 Å². The molecule has 1 saturated carbocycles. The van der Waals surface area contributed by atoms with Crippen LogP contribution >= 0.6 is 0 Å². The van der Waals surface area contributed by atoms with Gasteiger partial charge in [0, 0.05) is 18.9 Å². The van der Waals surface area contributed by atoms with Gasteiger partial charge >= 0.3 is 5.97 Å². The number of phenolic OH excluding ortho intramolecular Hbond substituents is 2. The van der Waals surface area contributed by atoms with Crippen molar-refractivity contribution in [1.82, 2.24) is 0 Å². The van der Waals surface area contributed by atoms with Gasteiger partial charge in [0.15, 0.2) is 11.5 Å². The molecule has 9 nitrogen and oxygen atoms in total. The smallest absolute Gasteiger partial charge is 0.331 e. The van der Waals surface area contributed by atoms with Gasteiger partial charge < -0.3 is 40.2 Å². The Balaban J connectivity index is 2.06. The predicted molar refractivity (Wildman–Crippen MR) is 79.9 cm³/mol. The van der Waals surface area contributed by atoms with Gasteiger partial charge in [0.1, 0.15) is 17.8 Å². The summed E-state index contributed by atoms with van der Waals surface area (Å²) in [4.78, 5) is 22.8. The Kier molecular flexibility index (Phi) is 5.31. The summed E-state index contributed by atoms with van der Waals surface area (Å²) in [5.74, 6) is -3.53. The van der Waals surface area contributed by atoms with E-state index in [1.54, 1.807) is 0 Å². The molecule has 1 aliphatic carbocycles. The second-order valence-corrected chi connectivity index (χ2v) is 5.84. The Bertz CT molecular complexity index is 699. The fraction of sp³-hybridized carbons (Fsp3) is 0.375. The van der Waals surface area contributed by atoms with Crippen molar-refractivity contribution < 1.29 is 45.0 Å². The summed E-state index contributed by atoms with van der Waals surface area (Å²) in [6.45, 7) is 0. The van der Waals surface area contributed by atoms with E-state index in [1.807, 2.05) is 0 Å². The van der Waals surface area contributed by atoms with Crippen molar-refractivity contribution in [1.29, 1.82) is 0 Å². The van der Waals surface area contributed by atoms with Gasteiger partial charge in [-0.3, -0.25) is 0 Å². The van der Waals surface area contributed by atoms with E-state index in [2.05, 4.69) is 0 Å². The van der Waals surface area contributed by atoms with E-state index in [0.717, 1.165) is 6.08 Å². The van der Waals surface area contributed by atoms with E-state index in [-0.39, 0.29) is 11.5 Å². The Morgan fingerprint density at radius 2 is 1.88 bits per heavy atom. The highest BCUT2D eigenvalue weighted by Crippen LogP contribution is 2.31. The van der Waals surface area contributed by atoms with E-state index in [4.69, 9.17) is 4.74 Å². The molecule has 0 bridgehead atoms. The maximum absolute atomic E-state index is 11.8. The van der Waals surface area contributed by atoms with Crippen LogP contribution in [0.5, 0.6) is 11.5 Å². The number of carbonyl (C=O) groups is 2. The lowest BCUT2D eigenvalue weighted by molar-refractivity contribution is -0.331. The first-order valence-corrected chi connectivity index (χ1v) is 7.33. The number of aliphatic hydroxyl groups is 3. The maximum atomic E-state index is 11.8. The molecule has 25 heavy (non-hydrogen) atoms. The van der Waals surface area contributed by atoms with Crippen LogP contribution in [0, 0.1) is 0 Å². The Hall–Kier alpha value is -2.62. The van der Waals surface area contributed by atoms with Crippen LogP contribution in [0.1, 0.15) is 18.4 Å². The first-order chi connectivity index (χ1) is 11.6. The number of phenols is 2. The number of ether oxygens (including phenoxy) is 1. The van der Waals surface area contributed by atoms with Crippen LogP contribution in [0.25, 0.3) is 6.08 Å². The molecule has 4 atom stereocenters. The third kappa shape index (κ3) is 4.27. The third-order valence-corrected chi connectivity index (χ3v) is 3.92. The van der Waals surface area contributed by atoms with Crippen molar-refractivity contribution >= 4 is 18.0 Å². The minimum absolute atomic E-state index is 0.333. The highest BCUT2D eigenvalue weighted by atomic mass is 16.6. The minimum atomic E-state index is -2.42. The van der Waals surface area contributed by atoms with Gasteiger partial charge in [-0.15, -0.1) is 0 Å². The normalized spacial score (nSPS) is 29.5. The number of carboxylic acid groups (broad SMARTS) is 1. The molecule has 1 aromatic carbocycles. The van der Waals surface area contributed by atoms with Crippen molar-refractivity contribution in [3.05, 3.63) is 29.8 Å². The van der Waals surface area contributed by atoms with Crippen molar-refractivity contribution in [3.8, 4) is 11.5 Å². The zero-order valence-electron chi connectivity index (χ0n) is 12.9. The number of hydrogen-bond donors (Lipinski definition) is 5. The van der Waals surface area contributed by atoms with Crippen molar-refractivity contribution in [3.63, 3.8) is 0 Å². The van der Waals surface area contributed by atoms with Gasteiger partial charge in [-0.2, -0.15) is 0 Å². The highest BCUT2D eigenvalue weighted by Gasteiger charge is 2.46.